The molecule has 0 radical (unpaired) electrons. The SMILES string of the molecule is CCOc1ccccc1C(O)Cc1nccn1CC. The van der Waals surface area contributed by atoms with E-state index in [4.69, 9.17) is 4.74 Å². The Hall–Kier alpha value is -1.81. The standard InChI is InChI=1S/C15H20N2O2/c1-3-17-10-9-16-15(17)11-13(18)12-7-5-6-8-14(12)19-4-2/h5-10,13,18H,3-4,11H2,1-2H3. The lowest BCUT2D eigenvalue weighted by Crippen LogP contribution is -2.09. The Labute approximate surface area is 113 Å². The average molecular weight is 260 g/mol. The summed E-state index contributed by atoms with van der Waals surface area (Å²) >= 11 is 0. The maximum atomic E-state index is 10.4. The van der Waals surface area contributed by atoms with E-state index < -0.39 is 6.10 Å². The maximum absolute atomic E-state index is 10.4. The quantitative estimate of drug-likeness (QED) is 0.868. The van der Waals surface area contributed by atoms with E-state index >= 15 is 0 Å². The summed E-state index contributed by atoms with van der Waals surface area (Å²) in [5.41, 5.74) is 0.815. The molecule has 19 heavy (non-hydrogen) atoms. The first kappa shape index (κ1) is 13.6. The number of aliphatic hydroxyl groups is 1. The average Bonchev–Trinajstić information content (AvgIpc) is 2.87. The van der Waals surface area contributed by atoms with E-state index in [1.807, 2.05) is 42.0 Å². The fourth-order valence-corrected chi connectivity index (χ4v) is 2.14. The van der Waals surface area contributed by atoms with Gasteiger partial charge in [0.15, 0.2) is 0 Å². The summed E-state index contributed by atoms with van der Waals surface area (Å²) in [7, 11) is 0. The predicted molar refractivity (Wildman–Crippen MR) is 74.2 cm³/mol. The van der Waals surface area contributed by atoms with Gasteiger partial charge in [-0.15, -0.1) is 0 Å². The Morgan fingerprint density at radius 1 is 1.32 bits per heavy atom. The topological polar surface area (TPSA) is 47.3 Å². The number of hydrogen-bond donors (Lipinski definition) is 1. The second kappa shape index (κ2) is 6.38. The monoisotopic (exact) mass is 260 g/mol. The zero-order chi connectivity index (χ0) is 13.7. The molecule has 0 fully saturated rings. The number of hydrogen-bond acceptors (Lipinski definition) is 3. The van der Waals surface area contributed by atoms with Crippen molar-refractivity contribution >= 4 is 0 Å². The number of benzene rings is 1. The summed E-state index contributed by atoms with van der Waals surface area (Å²) in [6.07, 6.45) is 3.58. The minimum atomic E-state index is -0.601. The van der Waals surface area contributed by atoms with Crippen LogP contribution in [0.3, 0.4) is 0 Å². The summed E-state index contributed by atoms with van der Waals surface area (Å²) in [5.74, 6) is 1.63. The second-order valence-corrected chi connectivity index (χ2v) is 4.32. The molecule has 1 aromatic heterocycles. The molecule has 4 nitrogen and oxygen atoms in total. The van der Waals surface area contributed by atoms with Gasteiger partial charge >= 0.3 is 0 Å². The normalized spacial score (nSPS) is 12.4. The lowest BCUT2D eigenvalue weighted by atomic mass is 10.1. The number of aromatic nitrogens is 2. The third kappa shape index (κ3) is 3.15. The predicted octanol–water partition coefficient (Wildman–Crippen LogP) is 2.58. The van der Waals surface area contributed by atoms with Gasteiger partial charge in [0.05, 0.1) is 12.7 Å². The molecule has 0 aliphatic rings. The summed E-state index contributed by atoms with van der Waals surface area (Å²) in [6, 6.07) is 7.60. The molecular formula is C15H20N2O2. The molecular weight excluding hydrogens is 240 g/mol. The Morgan fingerprint density at radius 3 is 2.84 bits per heavy atom. The van der Waals surface area contributed by atoms with Crippen molar-refractivity contribution in [2.75, 3.05) is 6.61 Å². The van der Waals surface area contributed by atoms with Crippen molar-refractivity contribution in [1.82, 2.24) is 9.55 Å². The van der Waals surface area contributed by atoms with Gasteiger partial charge in [-0.25, -0.2) is 4.98 Å². The number of imidazole rings is 1. The highest BCUT2D eigenvalue weighted by atomic mass is 16.5. The highest BCUT2D eigenvalue weighted by Gasteiger charge is 2.16. The van der Waals surface area contributed by atoms with Crippen LogP contribution in [0.15, 0.2) is 36.7 Å². The fourth-order valence-electron chi connectivity index (χ4n) is 2.14. The second-order valence-electron chi connectivity index (χ2n) is 4.32. The molecule has 0 aliphatic heterocycles. The van der Waals surface area contributed by atoms with Crippen LogP contribution in [-0.4, -0.2) is 21.3 Å². The van der Waals surface area contributed by atoms with E-state index in [0.29, 0.717) is 13.0 Å². The van der Waals surface area contributed by atoms with Crippen LogP contribution in [0.1, 0.15) is 31.3 Å². The van der Waals surface area contributed by atoms with Crippen molar-refractivity contribution in [3.8, 4) is 5.75 Å². The summed E-state index contributed by atoms with van der Waals surface area (Å²) in [4.78, 5) is 4.29. The number of aliphatic hydroxyl groups excluding tert-OH is 1. The van der Waals surface area contributed by atoms with Crippen LogP contribution >= 0.6 is 0 Å². The Bertz CT molecular complexity index is 522. The minimum Gasteiger partial charge on any atom is -0.493 e. The number of ether oxygens (including phenoxy) is 1. The highest BCUT2D eigenvalue weighted by molar-refractivity contribution is 5.35. The molecule has 2 aromatic rings. The van der Waals surface area contributed by atoms with E-state index in [0.717, 1.165) is 23.7 Å². The molecule has 0 bridgehead atoms. The van der Waals surface area contributed by atoms with Crippen LogP contribution in [0.4, 0.5) is 0 Å². The van der Waals surface area contributed by atoms with Gasteiger partial charge in [-0.3, -0.25) is 0 Å². The van der Waals surface area contributed by atoms with E-state index in [2.05, 4.69) is 11.9 Å². The molecule has 1 atom stereocenters. The van der Waals surface area contributed by atoms with Crippen molar-refractivity contribution in [2.24, 2.45) is 0 Å². The summed E-state index contributed by atoms with van der Waals surface area (Å²) in [6.45, 7) is 5.45. The third-order valence-corrected chi connectivity index (χ3v) is 3.10. The van der Waals surface area contributed by atoms with Gasteiger partial charge in [-0.1, -0.05) is 18.2 Å². The van der Waals surface area contributed by atoms with Gasteiger partial charge in [0.25, 0.3) is 0 Å². The Morgan fingerprint density at radius 2 is 2.11 bits per heavy atom. The number of nitrogens with zero attached hydrogens (tertiary/aromatic N) is 2. The van der Waals surface area contributed by atoms with Crippen LogP contribution in [-0.2, 0) is 13.0 Å². The third-order valence-electron chi connectivity index (χ3n) is 3.10. The summed E-state index contributed by atoms with van der Waals surface area (Å²) < 4.78 is 7.58. The first-order valence-electron chi connectivity index (χ1n) is 6.66. The maximum Gasteiger partial charge on any atom is 0.125 e. The first-order chi connectivity index (χ1) is 9.26. The van der Waals surface area contributed by atoms with Crippen LogP contribution < -0.4 is 4.74 Å². The molecule has 1 aromatic carbocycles. The molecule has 1 N–H and O–H groups in total. The lowest BCUT2D eigenvalue weighted by Gasteiger charge is -2.15. The van der Waals surface area contributed by atoms with Crippen molar-refractivity contribution in [1.29, 1.82) is 0 Å². The molecule has 4 heteroatoms. The minimum absolute atomic E-state index is 0.491. The van der Waals surface area contributed by atoms with E-state index in [1.54, 1.807) is 6.20 Å². The lowest BCUT2D eigenvalue weighted by molar-refractivity contribution is 0.168. The fraction of sp³-hybridized carbons (Fsp3) is 0.400. The van der Waals surface area contributed by atoms with Crippen LogP contribution in [0.25, 0.3) is 0 Å². The number of rotatable bonds is 6. The van der Waals surface area contributed by atoms with Crippen molar-refractivity contribution < 1.29 is 9.84 Å². The molecule has 102 valence electrons. The zero-order valence-electron chi connectivity index (χ0n) is 11.4. The molecule has 0 saturated heterocycles. The van der Waals surface area contributed by atoms with E-state index in [1.165, 1.54) is 0 Å². The van der Waals surface area contributed by atoms with Crippen LogP contribution in [0.5, 0.6) is 5.75 Å². The van der Waals surface area contributed by atoms with Gasteiger partial charge in [-0.2, -0.15) is 0 Å². The Balaban J connectivity index is 2.18. The van der Waals surface area contributed by atoms with Gasteiger partial charge in [0.2, 0.25) is 0 Å². The van der Waals surface area contributed by atoms with Gasteiger partial charge in [-0.05, 0) is 19.9 Å². The molecule has 0 spiro atoms. The van der Waals surface area contributed by atoms with E-state index in [-0.39, 0.29) is 0 Å². The smallest absolute Gasteiger partial charge is 0.125 e. The zero-order valence-corrected chi connectivity index (χ0v) is 11.4. The van der Waals surface area contributed by atoms with Crippen molar-refractivity contribution in [3.63, 3.8) is 0 Å². The Kier molecular flexibility index (Phi) is 4.58. The van der Waals surface area contributed by atoms with Gasteiger partial charge in [0, 0.05) is 30.9 Å². The molecule has 0 amide bonds. The summed E-state index contributed by atoms with van der Waals surface area (Å²) in [5, 5.41) is 10.4. The number of para-hydroxylation sites is 1. The molecule has 2 rings (SSSR count). The molecule has 1 heterocycles. The van der Waals surface area contributed by atoms with Crippen LogP contribution in [0.2, 0.25) is 0 Å². The number of aryl methyl sites for hydroxylation is 1. The van der Waals surface area contributed by atoms with E-state index in [9.17, 15) is 5.11 Å². The van der Waals surface area contributed by atoms with Crippen molar-refractivity contribution in [2.45, 2.75) is 32.9 Å². The highest BCUT2D eigenvalue weighted by Crippen LogP contribution is 2.27. The van der Waals surface area contributed by atoms with Crippen molar-refractivity contribution in [3.05, 3.63) is 48.0 Å². The van der Waals surface area contributed by atoms with Crippen LogP contribution in [0, 0.1) is 0 Å². The first-order valence-corrected chi connectivity index (χ1v) is 6.66. The molecule has 0 saturated carbocycles. The molecule has 1 unspecified atom stereocenters. The van der Waals surface area contributed by atoms with Gasteiger partial charge in [0.1, 0.15) is 11.6 Å². The van der Waals surface area contributed by atoms with Gasteiger partial charge < -0.3 is 14.4 Å². The largest absolute Gasteiger partial charge is 0.493 e. The molecule has 0 aliphatic carbocycles.